The Kier molecular flexibility index (Phi) is 4.35. The van der Waals surface area contributed by atoms with Crippen molar-refractivity contribution >= 4 is 23.7 Å². The van der Waals surface area contributed by atoms with Gasteiger partial charge in [-0.05, 0) is 35.7 Å². The second-order valence-electron chi connectivity index (χ2n) is 5.46. The molecule has 2 N–H and O–H groups in total. The SMILES string of the molecule is NCCCC(=O)N1Cc2ccccc2C=Cc2ccccc21. The maximum Gasteiger partial charge on any atom is 0.227 e. The van der Waals surface area contributed by atoms with Gasteiger partial charge in [-0.3, -0.25) is 4.79 Å². The van der Waals surface area contributed by atoms with E-state index in [-0.39, 0.29) is 5.91 Å². The first-order valence-corrected chi connectivity index (χ1v) is 7.65. The van der Waals surface area contributed by atoms with Gasteiger partial charge in [-0.1, -0.05) is 54.6 Å². The summed E-state index contributed by atoms with van der Waals surface area (Å²) in [5, 5.41) is 0. The first-order chi connectivity index (χ1) is 10.8. The Morgan fingerprint density at radius 3 is 2.50 bits per heavy atom. The highest BCUT2D eigenvalue weighted by molar-refractivity contribution is 5.97. The molecular formula is C19H20N2O. The maximum atomic E-state index is 12.6. The molecule has 3 heteroatoms. The monoisotopic (exact) mass is 292 g/mol. The number of hydrogen-bond donors (Lipinski definition) is 1. The van der Waals surface area contributed by atoms with Crippen LogP contribution in [0.2, 0.25) is 0 Å². The molecule has 0 saturated heterocycles. The number of rotatable bonds is 3. The van der Waals surface area contributed by atoms with E-state index in [0.29, 0.717) is 19.5 Å². The van der Waals surface area contributed by atoms with Crippen molar-refractivity contribution in [3.63, 3.8) is 0 Å². The van der Waals surface area contributed by atoms with Crippen LogP contribution in [-0.2, 0) is 11.3 Å². The standard InChI is InChI=1S/C19H20N2O/c20-13-5-10-19(22)21-14-17-8-2-1-6-15(17)11-12-16-7-3-4-9-18(16)21/h1-4,6-9,11-12H,5,10,13-14,20H2. The number of hydrogen-bond acceptors (Lipinski definition) is 2. The van der Waals surface area contributed by atoms with Crippen molar-refractivity contribution in [2.45, 2.75) is 19.4 Å². The van der Waals surface area contributed by atoms with Gasteiger partial charge < -0.3 is 10.6 Å². The van der Waals surface area contributed by atoms with E-state index >= 15 is 0 Å². The third-order valence-electron chi connectivity index (χ3n) is 3.95. The Balaban J connectivity index is 2.05. The molecule has 1 aliphatic rings. The van der Waals surface area contributed by atoms with Crippen LogP contribution < -0.4 is 10.6 Å². The van der Waals surface area contributed by atoms with Crippen LogP contribution in [0.1, 0.15) is 29.5 Å². The molecule has 22 heavy (non-hydrogen) atoms. The second-order valence-corrected chi connectivity index (χ2v) is 5.46. The van der Waals surface area contributed by atoms with E-state index in [2.05, 4.69) is 24.3 Å². The Morgan fingerprint density at radius 2 is 1.68 bits per heavy atom. The molecule has 0 aromatic heterocycles. The summed E-state index contributed by atoms with van der Waals surface area (Å²) in [6, 6.07) is 16.2. The molecule has 0 saturated carbocycles. The van der Waals surface area contributed by atoms with Gasteiger partial charge in [-0.15, -0.1) is 0 Å². The van der Waals surface area contributed by atoms with Crippen LogP contribution in [0.25, 0.3) is 12.2 Å². The van der Waals surface area contributed by atoms with E-state index in [4.69, 9.17) is 5.73 Å². The summed E-state index contributed by atoms with van der Waals surface area (Å²) >= 11 is 0. The van der Waals surface area contributed by atoms with E-state index in [0.717, 1.165) is 28.8 Å². The van der Waals surface area contributed by atoms with Crippen molar-refractivity contribution in [3.8, 4) is 0 Å². The molecule has 0 radical (unpaired) electrons. The normalized spacial score (nSPS) is 13.0. The third kappa shape index (κ3) is 2.95. The molecule has 1 aliphatic heterocycles. The van der Waals surface area contributed by atoms with Crippen LogP contribution >= 0.6 is 0 Å². The van der Waals surface area contributed by atoms with Crippen LogP contribution in [0, 0.1) is 0 Å². The number of fused-ring (bicyclic) bond motifs is 2. The lowest BCUT2D eigenvalue weighted by Gasteiger charge is -2.27. The predicted molar refractivity (Wildman–Crippen MR) is 91.3 cm³/mol. The molecule has 2 aromatic rings. The zero-order chi connectivity index (χ0) is 15.4. The molecule has 0 atom stereocenters. The van der Waals surface area contributed by atoms with Crippen molar-refractivity contribution in [3.05, 3.63) is 65.2 Å². The minimum atomic E-state index is 0.128. The van der Waals surface area contributed by atoms with E-state index in [1.54, 1.807) is 0 Å². The number of benzene rings is 2. The van der Waals surface area contributed by atoms with Crippen molar-refractivity contribution < 1.29 is 4.79 Å². The molecule has 1 heterocycles. The number of nitrogens with two attached hydrogens (primary N) is 1. The highest BCUT2D eigenvalue weighted by Crippen LogP contribution is 2.29. The Morgan fingerprint density at radius 1 is 1.00 bits per heavy atom. The van der Waals surface area contributed by atoms with Gasteiger partial charge in [0, 0.05) is 6.42 Å². The zero-order valence-corrected chi connectivity index (χ0v) is 12.5. The zero-order valence-electron chi connectivity index (χ0n) is 12.5. The molecule has 0 aliphatic carbocycles. The molecule has 1 amide bonds. The highest BCUT2D eigenvalue weighted by atomic mass is 16.2. The largest absolute Gasteiger partial charge is 0.330 e. The Bertz CT molecular complexity index is 706. The number of anilines is 1. The number of amides is 1. The van der Waals surface area contributed by atoms with Crippen LogP contribution in [0.5, 0.6) is 0 Å². The lowest BCUT2D eigenvalue weighted by atomic mass is 10.0. The first-order valence-electron chi connectivity index (χ1n) is 7.65. The van der Waals surface area contributed by atoms with Gasteiger partial charge in [0.2, 0.25) is 5.91 Å². The molecule has 3 nitrogen and oxygen atoms in total. The number of carbonyl (C=O) groups is 1. The number of para-hydroxylation sites is 1. The smallest absolute Gasteiger partial charge is 0.227 e. The Labute approximate surface area is 131 Å². The predicted octanol–water partition coefficient (Wildman–Crippen LogP) is 3.44. The minimum Gasteiger partial charge on any atom is -0.330 e. The third-order valence-corrected chi connectivity index (χ3v) is 3.95. The summed E-state index contributed by atoms with van der Waals surface area (Å²) in [7, 11) is 0. The lowest BCUT2D eigenvalue weighted by Crippen LogP contribution is -2.31. The van der Waals surface area contributed by atoms with Crippen LogP contribution in [-0.4, -0.2) is 12.5 Å². The first kappa shape index (κ1) is 14.5. The van der Waals surface area contributed by atoms with Gasteiger partial charge in [0.15, 0.2) is 0 Å². The summed E-state index contributed by atoms with van der Waals surface area (Å²) in [6.45, 7) is 1.14. The minimum absolute atomic E-state index is 0.128. The molecule has 112 valence electrons. The van der Waals surface area contributed by atoms with Crippen molar-refractivity contribution in [1.29, 1.82) is 0 Å². The van der Waals surface area contributed by atoms with Gasteiger partial charge in [0.05, 0.1) is 12.2 Å². The number of carbonyl (C=O) groups excluding carboxylic acids is 1. The second kappa shape index (κ2) is 6.58. The molecule has 0 unspecified atom stereocenters. The topological polar surface area (TPSA) is 46.3 Å². The molecule has 2 aromatic carbocycles. The fraction of sp³-hybridized carbons (Fsp3) is 0.211. The van der Waals surface area contributed by atoms with Gasteiger partial charge >= 0.3 is 0 Å². The van der Waals surface area contributed by atoms with Crippen molar-refractivity contribution in [1.82, 2.24) is 0 Å². The van der Waals surface area contributed by atoms with E-state index < -0.39 is 0 Å². The molecule has 0 bridgehead atoms. The van der Waals surface area contributed by atoms with Crippen LogP contribution in [0.3, 0.4) is 0 Å². The molecule has 0 spiro atoms. The van der Waals surface area contributed by atoms with Crippen molar-refractivity contribution in [2.75, 3.05) is 11.4 Å². The van der Waals surface area contributed by atoms with Gasteiger partial charge in [-0.2, -0.15) is 0 Å². The quantitative estimate of drug-likeness (QED) is 0.942. The van der Waals surface area contributed by atoms with Gasteiger partial charge in [-0.25, -0.2) is 0 Å². The fourth-order valence-electron chi connectivity index (χ4n) is 2.76. The maximum absolute atomic E-state index is 12.6. The molecular weight excluding hydrogens is 272 g/mol. The van der Waals surface area contributed by atoms with E-state index in [9.17, 15) is 4.79 Å². The number of nitrogens with zero attached hydrogens (tertiary/aromatic N) is 1. The summed E-state index contributed by atoms with van der Waals surface area (Å²) < 4.78 is 0. The average Bonchev–Trinajstić information content (AvgIpc) is 2.55. The Hall–Kier alpha value is -2.39. The summed E-state index contributed by atoms with van der Waals surface area (Å²) in [6.07, 6.45) is 5.40. The average molecular weight is 292 g/mol. The molecule has 0 fully saturated rings. The summed E-state index contributed by atoms with van der Waals surface area (Å²) in [5.41, 5.74) is 9.91. The van der Waals surface area contributed by atoms with E-state index in [1.165, 1.54) is 0 Å². The molecule has 3 rings (SSSR count). The van der Waals surface area contributed by atoms with Gasteiger partial charge in [0.25, 0.3) is 0 Å². The summed E-state index contributed by atoms with van der Waals surface area (Å²) in [5.74, 6) is 0.128. The lowest BCUT2D eigenvalue weighted by molar-refractivity contribution is -0.118. The fourth-order valence-corrected chi connectivity index (χ4v) is 2.76. The van der Waals surface area contributed by atoms with Crippen LogP contribution in [0.15, 0.2) is 48.5 Å². The van der Waals surface area contributed by atoms with E-state index in [1.807, 2.05) is 41.3 Å². The highest BCUT2D eigenvalue weighted by Gasteiger charge is 2.20. The summed E-state index contributed by atoms with van der Waals surface area (Å²) in [4.78, 5) is 14.5. The van der Waals surface area contributed by atoms with Gasteiger partial charge in [0.1, 0.15) is 0 Å². The van der Waals surface area contributed by atoms with Crippen LogP contribution in [0.4, 0.5) is 5.69 Å². The van der Waals surface area contributed by atoms with Crippen molar-refractivity contribution in [2.24, 2.45) is 5.73 Å².